The minimum Gasteiger partial charge on any atom is -0.447 e. The number of hydrogen-bond acceptors (Lipinski definition) is 3. The minimum atomic E-state index is -0.495. The zero-order valence-electron chi connectivity index (χ0n) is 9.90. The van der Waals surface area contributed by atoms with E-state index in [1.165, 1.54) is 4.90 Å². The molecule has 0 N–H and O–H groups in total. The lowest BCUT2D eigenvalue weighted by atomic mass is 10.0. The molecule has 1 aliphatic heterocycles. The maximum absolute atomic E-state index is 12.1. The summed E-state index contributed by atoms with van der Waals surface area (Å²) in [7, 11) is 0. The van der Waals surface area contributed by atoms with Crippen LogP contribution in [0, 0.1) is 11.8 Å². The highest BCUT2D eigenvalue weighted by Gasteiger charge is 2.40. The number of rotatable bonds is 4. The Morgan fingerprint density at radius 2 is 2.19 bits per heavy atom. The first-order chi connectivity index (χ1) is 7.49. The second-order valence-corrected chi connectivity index (χ2v) is 5.27. The molecule has 0 saturated carbocycles. The van der Waals surface area contributed by atoms with Crippen molar-refractivity contribution in [1.29, 1.82) is 0 Å². The van der Waals surface area contributed by atoms with Gasteiger partial charge in [0.1, 0.15) is 6.61 Å². The summed E-state index contributed by atoms with van der Waals surface area (Å²) in [6.45, 7) is 6.14. The fourth-order valence-corrected chi connectivity index (χ4v) is 2.39. The maximum atomic E-state index is 12.1. The van der Waals surface area contributed by atoms with E-state index in [9.17, 15) is 9.59 Å². The molecule has 1 fully saturated rings. The highest BCUT2D eigenvalue weighted by Crippen LogP contribution is 2.22. The highest BCUT2D eigenvalue weighted by molar-refractivity contribution is 9.09. The van der Waals surface area contributed by atoms with Crippen molar-refractivity contribution < 1.29 is 14.3 Å². The summed E-state index contributed by atoms with van der Waals surface area (Å²) in [6.07, 6.45) is 0.234. The van der Waals surface area contributed by atoms with Crippen LogP contribution < -0.4 is 0 Å². The van der Waals surface area contributed by atoms with Crippen molar-refractivity contribution in [3.8, 4) is 0 Å². The molecule has 4 nitrogen and oxygen atoms in total. The highest BCUT2D eigenvalue weighted by atomic mass is 79.9. The average molecular weight is 292 g/mol. The summed E-state index contributed by atoms with van der Waals surface area (Å²) in [5.41, 5.74) is 0. The number of carbonyl (C=O) groups is 2. The van der Waals surface area contributed by atoms with Crippen molar-refractivity contribution in [1.82, 2.24) is 4.90 Å². The molecule has 1 saturated heterocycles. The zero-order valence-corrected chi connectivity index (χ0v) is 11.5. The van der Waals surface area contributed by atoms with Gasteiger partial charge in [0.15, 0.2) is 0 Å². The van der Waals surface area contributed by atoms with Gasteiger partial charge < -0.3 is 4.74 Å². The van der Waals surface area contributed by atoms with Gasteiger partial charge in [-0.2, -0.15) is 0 Å². The number of carbonyl (C=O) groups excluding carboxylic acids is 2. The van der Waals surface area contributed by atoms with E-state index in [1.807, 2.05) is 20.8 Å². The largest absolute Gasteiger partial charge is 0.447 e. The van der Waals surface area contributed by atoms with E-state index in [1.54, 1.807) is 0 Å². The van der Waals surface area contributed by atoms with Gasteiger partial charge in [0.2, 0.25) is 5.91 Å². The van der Waals surface area contributed by atoms with Crippen molar-refractivity contribution >= 4 is 27.9 Å². The van der Waals surface area contributed by atoms with Crippen molar-refractivity contribution in [2.24, 2.45) is 11.8 Å². The quantitative estimate of drug-likeness (QED) is 0.748. The van der Waals surface area contributed by atoms with Gasteiger partial charge in [-0.25, -0.2) is 9.69 Å². The summed E-state index contributed by atoms with van der Waals surface area (Å²) >= 11 is 3.30. The Bertz CT molecular complexity index is 280. The lowest BCUT2D eigenvalue weighted by molar-refractivity contribution is -0.133. The molecule has 0 aromatic carbocycles. The minimum absolute atomic E-state index is 0.113. The van der Waals surface area contributed by atoms with Crippen LogP contribution in [0.2, 0.25) is 0 Å². The molecule has 0 aromatic heterocycles. The molecule has 0 bridgehead atoms. The topological polar surface area (TPSA) is 46.6 Å². The Labute approximate surface area is 104 Å². The molecule has 0 spiro atoms. The standard InChI is InChI=1S/C11H18BrNO3/c1-7(2)9-6-16-11(15)13(9)10(14)8(3)4-5-12/h7-9H,4-6H2,1-3H3/t8-,9?/m0/s1. The molecule has 0 aromatic rings. The van der Waals surface area contributed by atoms with E-state index in [0.29, 0.717) is 6.61 Å². The maximum Gasteiger partial charge on any atom is 0.416 e. The van der Waals surface area contributed by atoms with Gasteiger partial charge in [-0.3, -0.25) is 4.79 Å². The van der Waals surface area contributed by atoms with E-state index < -0.39 is 6.09 Å². The Balaban J connectivity index is 2.75. The number of imide groups is 1. The Morgan fingerprint density at radius 3 is 2.69 bits per heavy atom. The van der Waals surface area contributed by atoms with E-state index in [-0.39, 0.29) is 23.8 Å². The number of ether oxygens (including phenoxy) is 1. The summed E-state index contributed by atoms with van der Waals surface area (Å²) in [5, 5.41) is 0.759. The lowest BCUT2D eigenvalue weighted by Gasteiger charge is -2.24. The van der Waals surface area contributed by atoms with Gasteiger partial charge in [-0.15, -0.1) is 0 Å². The number of halogens is 1. The van der Waals surface area contributed by atoms with Crippen LogP contribution in [0.4, 0.5) is 4.79 Å². The first kappa shape index (κ1) is 13.5. The fourth-order valence-electron chi connectivity index (χ4n) is 1.70. The molecule has 1 unspecified atom stereocenters. The molecular weight excluding hydrogens is 274 g/mol. The Kier molecular flexibility index (Phi) is 4.77. The Morgan fingerprint density at radius 1 is 1.56 bits per heavy atom. The van der Waals surface area contributed by atoms with Crippen LogP contribution >= 0.6 is 15.9 Å². The van der Waals surface area contributed by atoms with Crippen LogP contribution in [0.3, 0.4) is 0 Å². The van der Waals surface area contributed by atoms with Gasteiger partial charge in [0.25, 0.3) is 0 Å². The summed E-state index contributed by atoms with van der Waals surface area (Å²) < 4.78 is 4.94. The van der Waals surface area contributed by atoms with Crippen molar-refractivity contribution in [2.75, 3.05) is 11.9 Å². The zero-order chi connectivity index (χ0) is 12.3. The number of alkyl halides is 1. The van der Waals surface area contributed by atoms with Crippen LogP contribution in [0.15, 0.2) is 0 Å². The van der Waals surface area contributed by atoms with E-state index in [4.69, 9.17) is 4.74 Å². The molecule has 0 radical (unpaired) electrons. The monoisotopic (exact) mass is 291 g/mol. The van der Waals surface area contributed by atoms with Crippen molar-refractivity contribution in [3.63, 3.8) is 0 Å². The molecule has 0 aliphatic carbocycles. The molecule has 2 amide bonds. The number of hydrogen-bond donors (Lipinski definition) is 0. The second-order valence-electron chi connectivity index (χ2n) is 4.48. The smallest absolute Gasteiger partial charge is 0.416 e. The van der Waals surface area contributed by atoms with Crippen LogP contribution in [-0.2, 0) is 9.53 Å². The summed E-state index contributed by atoms with van der Waals surface area (Å²) in [4.78, 5) is 24.9. The molecule has 1 rings (SSSR count). The van der Waals surface area contributed by atoms with Crippen LogP contribution in [-0.4, -0.2) is 34.9 Å². The number of nitrogens with zero attached hydrogens (tertiary/aromatic N) is 1. The van der Waals surface area contributed by atoms with Crippen molar-refractivity contribution in [2.45, 2.75) is 33.2 Å². The molecule has 1 aliphatic rings. The summed E-state index contributed by atoms with van der Waals surface area (Å²) in [6, 6.07) is -0.113. The molecule has 16 heavy (non-hydrogen) atoms. The summed E-state index contributed by atoms with van der Waals surface area (Å²) in [5.74, 6) is -0.0431. The molecule has 5 heteroatoms. The lowest BCUT2D eigenvalue weighted by Crippen LogP contribution is -2.44. The third-order valence-corrected chi connectivity index (χ3v) is 3.33. The number of amides is 2. The Hall–Kier alpha value is -0.580. The fraction of sp³-hybridized carbons (Fsp3) is 0.818. The third kappa shape index (κ3) is 2.75. The molecular formula is C11H18BrNO3. The first-order valence-electron chi connectivity index (χ1n) is 5.54. The normalized spacial score (nSPS) is 22.4. The molecule has 92 valence electrons. The first-order valence-corrected chi connectivity index (χ1v) is 6.67. The average Bonchev–Trinajstić information content (AvgIpc) is 2.59. The van der Waals surface area contributed by atoms with Gasteiger partial charge >= 0.3 is 6.09 Å². The predicted octanol–water partition coefficient (Wildman–Crippen LogP) is 2.41. The van der Waals surface area contributed by atoms with Crippen molar-refractivity contribution in [3.05, 3.63) is 0 Å². The van der Waals surface area contributed by atoms with Gasteiger partial charge in [0.05, 0.1) is 6.04 Å². The number of cyclic esters (lactones) is 1. The van der Waals surface area contributed by atoms with E-state index >= 15 is 0 Å². The predicted molar refractivity (Wildman–Crippen MR) is 64.4 cm³/mol. The molecule has 2 atom stereocenters. The van der Waals surface area contributed by atoms with Gasteiger partial charge in [-0.05, 0) is 12.3 Å². The van der Waals surface area contributed by atoms with Crippen LogP contribution in [0.1, 0.15) is 27.2 Å². The van der Waals surface area contributed by atoms with Crippen LogP contribution in [0.25, 0.3) is 0 Å². The SMILES string of the molecule is CC(C)C1COC(=O)N1C(=O)[C@@H](C)CCBr. The third-order valence-electron chi connectivity index (χ3n) is 2.88. The van der Waals surface area contributed by atoms with Crippen LogP contribution in [0.5, 0.6) is 0 Å². The van der Waals surface area contributed by atoms with E-state index in [2.05, 4.69) is 15.9 Å². The van der Waals surface area contributed by atoms with Gasteiger partial charge in [-0.1, -0.05) is 36.7 Å². The molecule has 1 heterocycles. The second kappa shape index (κ2) is 5.66. The van der Waals surface area contributed by atoms with Gasteiger partial charge in [0, 0.05) is 11.2 Å². The van der Waals surface area contributed by atoms with E-state index in [0.717, 1.165) is 11.8 Å².